The van der Waals surface area contributed by atoms with Gasteiger partial charge in [-0.1, -0.05) is 0 Å². The minimum Gasteiger partial charge on any atom is -0.341 e. The number of hydrogen-bond donors (Lipinski definition) is 1. The second-order valence-corrected chi connectivity index (χ2v) is 6.11. The number of nitrogens with zero attached hydrogens (tertiary/aromatic N) is 3. The highest BCUT2D eigenvalue weighted by atomic mass is 35.5. The number of amides is 1. The first-order valence-corrected chi connectivity index (χ1v) is 8.41. The number of thioether (sulfide) groups is 1. The van der Waals surface area contributed by atoms with E-state index in [1.807, 2.05) is 17.2 Å². The Kier molecular flexibility index (Phi) is 8.00. The van der Waals surface area contributed by atoms with Gasteiger partial charge in [0.05, 0.1) is 6.04 Å². The molecule has 0 aromatic carbocycles. The molecule has 0 aliphatic carbocycles. The molecule has 118 valence electrons. The molecule has 1 aliphatic heterocycles. The molecule has 0 unspecified atom stereocenters. The van der Waals surface area contributed by atoms with Gasteiger partial charge in [-0.15, -0.1) is 12.4 Å². The Morgan fingerprint density at radius 3 is 2.81 bits per heavy atom. The minimum atomic E-state index is -0.349. The molecule has 1 saturated heterocycles. The molecule has 1 fully saturated rings. The molecule has 0 saturated carbocycles. The van der Waals surface area contributed by atoms with Crippen molar-refractivity contribution in [2.45, 2.75) is 31.2 Å². The Morgan fingerprint density at radius 2 is 2.24 bits per heavy atom. The Morgan fingerprint density at radius 1 is 1.52 bits per heavy atom. The summed E-state index contributed by atoms with van der Waals surface area (Å²) in [5.41, 5.74) is 7.04. The van der Waals surface area contributed by atoms with Crippen molar-refractivity contribution >= 4 is 30.1 Å². The molecule has 0 spiro atoms. The lowest BCUT2D eigenvalue weighted by molar-refractivity contribution is -0.133. The van der Waals surface area contributed by atoms with Crippen LogP contribution in [0.1, 0.15) is 30.9 Å². The van der Waals surface area contributed by atoms with Crippen molar-refractivity contribution in [3.05, 3.63) is 24.3 Å². The summed E-state index contributed by atoms with van der Waals surface area (Å²) in [5.74, 6) is 1.47. The maximum Gasteiger partial charge on any atom is 0.239 e. The van der Waals surface area contributed by atoms with Crippen molar-refractivity contribution in [3.63, 3.8) is 0 Å². The van der Waals surface area contributed by atoms with Gasteiger partial charge in [0, 0.05) is 30.9 Å². The number of carbonyl (C=O) groups is 1. The van der Waals surface area contributed by atoms with E-state index in [0.29, 0.717) is 5.92 Å². The van der Waals surface area contributed by atoms with Gasteiger partial charge in [0.15, 0.2) is 0 Å². The number of nitrogens with two attached hydrogens (primary N) is 1. The largest absolute Gasteiger partial charge is 0.341 e. The van der Waals surface area contributed by atoms with E-state index in [0.717, 1.165) is 43.8 Å². The molecule has 0 radical (unpaired) electrons. The monoisotopic (exact) mass is 330 g/mol. The number of rotatable bonds is 5. The van der Waals surface area contributed by atoms with Crippen LogP contribution in [0.4, 0.5) is 0 Å². The third kappa shape index (κ3) is 5.13. The van der Waals surface area contributed by atoms with Gasteiger partial charge in [-0.05, 0) is 37.3 Å². The third-order valence-corrected chi connectivity index (χ3v) is 4.42. The lowest BCUT2D eigenvalue weighted by Crippen LogP contribution is -2.47. The van der Waals surface area contributed by atoms with Crippen LogP contribution in [0.3, 0.4) is 0 Å². The van der Waals surface area contributed by atoms with Crippen molar-refractivity contribution < 1.29 is 4.79 Å². The lowest BCUT2D eigenvalue weighted by atomic mass is 9.93. The maximum atomic E-state index is 12.2. The van der Waals surface area contributed by atoms with E-state index in [1.165, 1.54) is 0 Å². The van der Waals surface area contributed by atoms with E-state index in [9.17, 15) is 4.79 Å². The Bertz CT molecular complexity index is 426. The van der Waals surface area contributed by atoms with Crippen molar-refractivity contribution in [1.29, 1.82) is 0 Å². The highest BCUT2D eigenvalue weighted by molar-refractivity contribution is 7.98. The summed E-state index contributed by atoms with van der Waals surface area (Å²) >= 11 is 1.73. The molecule has 0 bridgehead atoms. The average molecular weight is 331 g/mol. The molecule has 5 nitrogen and oxygen atoms in total. The molecule has 2 heterocycles. The molecule has 1 aromatic heterocycles. The van der Waals surface area contributed by atoms with E-state index in [-0.39, 0.29) is 24.4 Å². The molecule has 21 heavy (non-hydrogen) atoms. The van der Waals surface area contributed by atoms with Crippen molar-refractivity contribution in [3.8, 4) is 0 Å². The van der Waals surface area contributed by atoms with E-state index >= 15 is 0 Å². The van der Waals surface area contributed by atoms with Crippen molar-refractivity contribution in [2.75, 3.05) is 25.1 Å². The van der Waals surface area contributed by atoms with E-state index < -0.39 is 0 Å². The molecule has 1 amide bonds. The fraction of sp³-hybridized carbons (Fsp3) is 0.643. The van der Waals surface area contributed by atoms with Crippen molar-refractivity contribution in [2.24, 2.45) is 5.73 Å². The summed E-state index contributed by atoms with van der Waals surface area (Å²) in [5, 5.41) is 0. The smallest absolute Gasteiger partial charge is 0.239 e. The molecule has 2 rings (SSSR count). The summed E-state index contributed by atoms with van der Waals surface area (Å²) in [6, 6.07) is 1.62. The highest BCUT2D eigenvalue weighted by Gasteiger charge is 2.27. The first-order chi connectivity index (χ1) is 9.72. The second-order valence-electron chi connectivity index (χ2n) is 5.12. The molecule has 2 N–H and O–H groups in total. The van der Waals surface area contributed by atoms with Gasteiger partial charge in [-0.3, -0.25) is 4.79 Å². The first kappa shape index (κ1) is 18.2. The molecule has 7 heteroatoms. The molecule has 1 atom stereocenters. The summed E-state index contributed by atoms with van der Waals surface area (Å²) in [6.45, 7) is 1.56. The molecular formula is C14H23ClN4OS. The van der Waals surface area contributed by atoms with Crippen LogP contribution in [0.5, 0.6) is 0 Å². The molecule has 1 aliphatic rings. The first-order valence-electron chi connectivity index (χ1n) is 7.01. The maximum absolute atomic E-state index is 12.2. The van der Waals surface area contributed by atoms with Crippen LogP contribution in [0.15, 0.2) is 18.6 Å². The zero-order valence-electron chi connectivity index (χ0n) is 12.3. The summed E-state index contributed by atoms with van der Waals surface area (Å²) in [6.07, 6.45) is 8.07. The predicted molar refractivity (Wildman–Crippen MR) is 88.8 cm³/mol. The topological polar surface area (TPSA) is 72.1 Å². The zero-order chi connectivity index (χ0) is 14.4. The van der Waals surface area contributed by atoms with Gasteiger partial charge >= 0.3 is 0 Å². The zero-order valence-corrected chi connectivity index (χ0v) is 13.9. The predicted octanol–water partition coefficient (Wildman–Crippen LogP) is 1.68. The fourth-order valence-corrected chi connectivity index (χ4v) is 3.03. The van der Waals surface area contributed by atoms with Gasteiger partial charge in [0.1, 0.15) is 6.33 Å². The quantitative estimate of drug-likeness (QED) is 0.889. The van der Waals surface area contributed by atoms with Crippen LogP contribution < -0.4 is 5.73 Å². The van der Waals surface area contributed by atoms with Crippen LogP contribution in [0.25, 0.3) is 0 Å². The minimum absolute atomic E-state index is 0. The normalized spacial score (nSPS) is 17.1. The van der Waals surface area contributed by atoms with Crippen molar-refractivity contribution in [1.82, 2.24) is 14.9 Å². The highest BCUT2D eigenvalue weighted by Crippen LogP contribution is 2.26. The van der Waals surface area contributed by atoms with Gasteiger partial charge in [-0.25, -0.2) is 9.97 Å². The number of hydrogen-bond acceptors (Lipinski definition) is 5. The number of carbonyl (C=O) groups excluding carboxylic acids is 1. The third-order valence-electron chi connectivity index (χ3n) is 3.78. The van der Waals surface area contributed by atoms with Crippen LogP contribution in [-0.2, 0) is 4.79 Å². The lowest BCUT2D eigenvalue weighted by Gasteiger charge is -2.33. The van der Waals surface area contributed by atoms with Gasteiger partial charge in [-0.2, -0.15) is 11.8 Å². The Labute approximate surface area is 136 Å². The summed E-state index contributed by atoms with van der Waals surface area (Å²) in [7, 11) is 0. The SMILES string of the molecule is CSCC[C@H](N)C(=O)N1CCC(c2ccncn2)CC1.Cl. The number of piperidine rings is 1. The van der Waals surface area contributed by atoms with Gasteiger partial charge in [0.2, 0.25) is 5.91 Å². The Balaban J connectivity index is 0.00000220. The average Bonchev–Trinajstić information content (AvgIpc) is 2.53. The molecule has 1 aromatic rings. The van der Waals surface area contributed by atoms with Crippen LogP contribution >= 0.6 is 24.2 Å². The standard InChI is InChI=1S/C14H22N4OS.ClH/c1-20-9-5-12(15)14(19)18-7-3-11(4-8-18)13-2-6-16-10-17-13;/h2,6,10-12H,3-5,7-9,15H2,1H3;1H/t12-;/m0./s1. The van der Waals surface area contributed by atoms with Crippen LogP contribution in [0.2, 0.25) is 0 Å². The summed E-state index contributed by atoms with van der Waals surface area (Å²) in [4.78, 5) is 22.4. The van der Waals surface area contributed by atoms with Crippen LogP contribution in [-0.4, -0.2) is 51.9 Å². The summed E-state index contributed by atoms with van der Waals surface area (Å²) < 4.78 is 0. The van der Waals surface area contributed by atoms with Gasteiger partial charge < -0.3 is 10.6 Å². The number of likely N-dealkylation sites (tertiary alicyclic amines) is 1. The fourth-order valence-electron chi connectivity index (χ4n) is 2.54. The van der Waals surface area contributed by atoms with E-state index in [1.54, 1.807) is 24.3 Å². The van der Waals surface area contributed by atoms with E-state index in [2.05, 4.69) is 9.97 Å². The second kappa shape index (κ2) is 9.23. The van der Waals surface area contributed by atoms with Crippen LogP contribution in [0, 0.1) is 0 Å². The van der Waals surface area contributed by atoms with E-state index in [4.69, 9.17) is 5.73 Å². The molecular weight excluding hydrogens is 308 g/mol. The number of halogens is 1. The van der Waals surface area contributed by atoms with Gasteiger partial charge in [0.25, 0.3) is 0 Å². The number of aromatic nitrogens is 2. The Hall–Kier alpha value is -0.850.